The maximum Gasteiger partial charge on any atom is 0.0940 e. The normalized spacial score (nSPS) is 11.6. The van der Waals surface area contributed by atoms with Gasteiger partial charge in [0.25, 0.3) is 0 Å². The number of thiazole rings is 1. The lowest BCUT2D eigenvalue weighted by Crippen LogP contribution is -2.21. The van der Waals surface area contributed by atoms with E-state index < -0.39 is 0 Å². The van der Waals surface area contributed by atoms with Crippen molar-refractivity contribution in [1.82, 2.24) is 15.2 Å². The van der Waals surface area contributed by atoms with Crippen molar-refractivity contribution in [2.45, 2.75) is 32.9 Å². The van der Waals surface area contributed by atoms with Crippen LogP contribution in [0, 0.1) is 0 Å². The molecule has 0 unspecified atom stereocenters. The quantitative estimate of drug-likeness (QED) is 0.802. The molecule has 15 heavy (non-hydrogen) atoms. The Morgan fingerprint density at radius 1 is 1.47 bits per heavy atom. The molecular weight excluding hydrogens is 206 g/mol. The number of nitrogens with zero attached hydrogens (tertiary/aromatic N) is 2. The number of rotatable bonds is 6. The fraction of sp³-hybridized carbons (Fsp3) is 0.727. The minimum atomic E-state index is 0.539. The Morgan fingerprint density at radius 3 is 2.80 bits per heavy atom. The second kappa shape index (κ2) is 6.20. The van der Waals surface area contributed by atoms with Crippen LogP contribution in [0.15, 0.2) is 6.20 Å². The fourth-order valence-corrected chi connectivity index (χ4v) is 2.03. The van der Waals surface area contributed by atoms with Crippen molar-refractivity contribution in [2.75, 3.05) is 20.6 Å². The van der Waals surface area contributed by atoms with Gasteiger partial charge in [0.2, 0.25) is 0 Å². The van der Waals surface area contributed by atoms with Crippen LogP contribution in [0.4, 0.5) is 0 Å². The molecule has 1 heterocycles. The number of likely N-dealkylation sites (N-methyl/N-ethyl adjacent to an activating group) is 1. The van der Waals surface area contributed by atoms with Crippen LogP contribution in [-0.4, -0.2) is 36.6 Å². The first-order valence-electron chi connectivity index (χ1n) is 5.39. The molecule has 0 fully saturated rings. The van der Waals surface area contributed by atoms with Crippen molar-refractivity contribution >= 4 is 11.3 Å². The summed E-state index contributed by atoms with van der Waals surface area (Å²) in [5.41, 5.74) is 0. The molecule has 0 saturated heterocycles. The predicted octanol–water partition coefficient (Wildman–Crippen LogP) is 1.75. The van der Waals surface area contributed by atoms with Crippen LogP contribution in [0.1, 0.15) is 23.7 Å². The van der Waals surface area contributed by atoms with Crippen LogP contribution in [-0.2, 0) is 13.0 Å². The first-order chi connectivity index (χ1) is 7.08. The summed E-state index contributed by atoms with van der Waals surface area (Å²) >= 11 is 1.82. The Kier molecular flexibility index (Phi) is 5.22. The Bertz CT molecular complexity index is 255. The Labute approximate surface area is 96.5 Å². The maximum atomic E-state index is 4.42. The molecule has 4 heteroatoms. The van der Waals surface area contributed by atoms with Gasteiger partial charge in [0.15, 0.2) is 0 Å². The summed E-state index contributed by atoms with van der Waals surface area (Å²) in [6.07, 6.45) is 3.05. The van der Waals surface area contributed by atoms with Gasteiger partial charge in [-0.2, -0.15) is 0 Å². The van der Waals surface area contributed by atoms with Crippen LogP contribution in [0.2, 0.25) is 0 Å². The van der Waals surface area contributed by atoms with Crippen LogP contribution >= 0.6 is 11.3 Å². The molecule has 0 bridgehead atoms. The lowest BCUT2D eigenvalue weighted by molar-refractivity contribution is 0.413. The molecule has 0 atom stereocenters. The lowest BCUT2D eigenvalue weighted by atomic mass is 10.4. The number of hydrogen-bond donors (Lipinski definition) is 1. The van der Waals surface area contributed by atoms with E-state index in [2.05, 4.69) is 43.1 Å². The van der Waals surface area contributed by atoms with E-state index >= 15 is 0 Å². The first-order valence-corrected chi connectivity index (χ1v) is 6.21. The smallest absolute Gasteiger partial charge is 0.0940 e. The predicted molar refractivity (Wildman–Crippen MR) is 66.3 cm³/mol. The van der Waals surface area contributed by atoms with Gasteiger partial charge in [0.05, 0.1) is 5.01 Å². The molecular formula is C11H21N3S. The number of nitrogens with one attached hydrogen (secondary N) is 1. The molecule has 86 valence electrons. The minimum Gasteiger partial charge on any atom is -0.310 e. The molecule has 0 aliphatic rings. The topological polar surface area (TPSA) is 28.2 Å². The highest BCUT2D eigenvalue weighted by Gasteiger charge is 2.03. The van der Waals surface area contributed by atoms with Crippen molar-refractivity contribution < 1.29 is 0 Å². The van der Waals surface area contributed by atoms with E-state index in [1.807, 2.05) is 17.5 Å². The molecule has 0 radical (unpaired) electrons. The Balaban J connectivity index is 2.35. The molecule has 0 amide bonds. The van der Waals surface area contributed by atoms with Gasteiger partial charge in [0.1, 0.15) is 0 Å². The van der Waals surface area contributed by atoms with Crippen LogP contribution < -0.4 is 5.32 Å². The third-order valence-corrected chi connectivity index (χ3v) is 3.12. The molecule has 1 aromatic heterocycles. The molecule has 1 aromatic rings. The van der Waals surface area contributed by atoms with E-state index in [-0.39, 0.29) is 0 Å². The molecule has 0 aliphatic carbocycles. The molecule has 0 saturated carbocycles. The van der Waals surface area contributed by atoms with Crippen LogP contribution in [0.25, 0.3) is 0 Å². The average Bonchev–Trinajstić information content (AvgIpc) is 2.59. The lowest BCUT2D eigenvalue weighted by Gasteiger charge is -2.06. The van der Waals surface area contributed by atoms with Crippen molar-refractivity contribution in [3.05, 3.63) is 16.1 Å². The van der Waals surface area contributed by atoms with E-state index in [0.717, 1.165) is 19.5 Å². The minimum absolute atomic E-state index is 0.539. The molecule has 0 spiro atoms. The van der Waals surface area contributed by atoms with Gasteiger partial charge in [-0.25, -0.2) is 4.98 Å². The van der Waals surface area contributed by atoms with E-state index in [1.165, 1.54) is 9.88 Å². The van der Waals surface area contributed by atoms with Gasteiger partial charge in [0, 0.05) is 36.6 Å². The van der Waals surface area contributed by atoms with Crippen LogP contribution in [0.3, 0.4) is 0 Å². The second-order valence-electron chi connectivity index (χ2n) is 4.31. The second-order valence-corrected chi connectivity index (χ2v) is 5.51. The average molecular weight is 227 g/mol. The van der Waals surface area contributed by atoms with Crippen molar-refractivity contribution in [3.63, 3.8) is 0 Å². The third-order valence-electron chi connectivity index (χ3n) is 2.06. The summed E-state index contributed by atoms with van der Waals surface area (Å²) in [4.78, 5) is 7.94. The number of aromatic nitrogens is 1. The maximum absolute atomic E-state index is 4.42. The van der Waals surface area contributed by atoms with Crippen LogP contribution in [0.5, 0.6) is 0 Å². The summed E-state index contributed by atoms with van der Waals surface area (Å²) in [6, 6.07) is 0.539. The van der Waals surface area contributed by atoms with E-state index in [0.29, 0.717) is 6.04 Å². The standard InChI is InChI=1S/C11H21N3S/c1-9(2)12-7-10-8-13-11(15-10)5-6-14(3)4/h8-9,12H,5-7H2,1-4H3. The van der Waals surface area contributed by atoms with Gasteiger partial charge in [-0.05, 0) is 14.1 Å². The Morgan fingerprint density at radius 2 is 2.20 bits per heavy atom. The SMILES string of the molecule is CC(C)NCc1cnc(CCN(C)C)s1. The summed E-state index contributed by atoms with van der Waals surface area (Å²) in [7, 11) is 4.18. The fourth-order valence-electron chi connectivity index (χ4n) is 1.17. The summed E-state index contributed by atoms with van der Waals surface area (Å²) in [5, 5.41) is 4.64. The largest absolute Gasteiger partial charge is 0.310 e. The van der Waals surface area contributed by atoms with Gasteiger partial charge in [-0.3, -0.25) is 0 Å². The summed E-state index contributed by atoms with van der Waals surface area (Å²) in [6.45, 7) is 6.34. The van der Waals surface area contributed by atoms with Crippen molar-refractivity contribution in [2.24, 2.45) is 0 Å². The zero-order valence-corrected chi connectivity index (χ0v) is 10.9. The molecule has 1 rings (SSSR count). The van der Waals surface area contributed by atoms with E-state index in [4.69, 9.17) is 0 Å². The molecule has 3 nitrogen and oxygen atoms in total. The highest BCUT2D eigenvalue weighted by molar-refractivity contribution is 7.11. The monoisotopic (exact) mass is 227 g/mol. The van der Waals surface area contributed by atoms with E-state index in [9.17, 15) is 0 Å². The molecule has 0 aromatic carbocycles. The molecule has 0 aliphatic heterocycles. The van der Waals surface area contributed by atoms with Gasteiger partial charge >= 0.3 is 0 Å². The number of hydrogen-bond acceptors (Lipinski definition) is 4. The van der Waals surface area contributed by atoms with Gasteiger partial charge < -0.3 is 10.2 Å². The summed E-state index contributed by atoms with van der Waals surface area (Å²) in [5.74, 6) is 0. The first kappa shape index (κ1) is 12.6. The highest BCUT2D eigenvalue weighted by Crippen LogP contribution is 2.13. The zero-order chi connectivity index (χ0) is 11.3. The molecule has 1 N–H and O–H groups in total. The summed E-state index contributed by atoms with van der Waals surface area (Å²) < 4.78 is 0. The zero-order valence-electron chi connectivity index (χ0n) is 10.1. The van der Waals surface area contributed by atoms with Crippen molar-refractivity contribution in [1.29, 1.82) is 0 Å². The van der Waals surface area contributed by atoms with Gasteiger partial charge in [-0.15, -0.1) is 11.3 Å². The van der Waals surface area contributed by atoms with Gasteiger partial charge in [-0.1, -0.05) is 13.8 Å². The van der Waals surface area contributed by atoms with Crippen molar-refractivity contribution in [3.8, 4) is 0 Å². The Hall–Kier alpha value is -0.450. The third kappa shape index (κ3) is 5.25. The highest BCUT2D eigenvalue weighted by atomic mass is 32.1. The van der Waals surface area contributed by atoms with E-state index in [1.54, 1.807) is 0 Å².